The average Bonchev–Trinajstić information content (AvgIpc) is 2.67. The number of rotatable bonds is 3. The highest BCUT2D eigenvalue weighted by atomic mass is 16.5. The molecule has 0 aromatic heterocycles. The Labute approximate surface area is 59.4 Å². The Morgan fingerprint density at radius 1 is 1.80 bits per heavy atom. The lowest BCUT2D eigenvalue weighted by molar-refractivity contribution is -0.145. The summed E-state index contributed by atoms with van der Waals surface area (Å²) in [6, 6.07) is 0. The van der Waals surface area contributed by atoms with Crippen LogP contribution in [0.4, 0.5) is 0 Å². The molecule has 0 radical (unpaired) electrons. The molecule has 0 saturated heterocycles. The molecule has 0 aromatic rings. The quantitative estimate of drug-likeness (QED) is 0.426. The molecule has 3 heteroatoms. The zero-order valence-electron chi connectivity index (χ0n) is 5.87. The van der Waals surface area contributed by atoms with Crippen LogP contribution in [0.2, 0.25) is 0 Å². The van der Waals surface area contributed by atoms with Crippen molar-refractivity contribution < 1.29 is 14.3 Å². The fourth-order valence-electron chi connectivity index (χ4n) is 0.721. The number of carbonyl (C=O) groups is 2. The zero-order valence-corrected chi connectivity index (χ0v) is 5.87. The maximum atomic E-state index is 10.6. The van der Waals surface area contributed by atoms with Crippen LogP contribution >= 0.6 is 0 Å². The molecule has 56 valence electrons. The fraction of sp³-hybridized carbons (Fsp3) is 0.714. The van der Waals surface area contributed by atoms with Crippen molar-refractivity contribution in [2.75, 3.05) is 0 Å². The Morgan fingerprint density at radius 3 is 2.90 bits per heavy atom. The molecular formula is C7H10O3. The third-order valence-electron chi connectivity index (χ3n) is 1.53. The second-order valence-corrected chi connectivity index (χ2v) is 2.42. The van der Waals surface area contributed by atoms with Gasteiger partial charge in [0.05, 0.1) is 5.92 Å². The van der Waals surface area contributed by atoms with Crippen LogP contribution < -0.4 is 0 Å². The van der Waals surface area contributed by atoms with Crippen molar-refractivity contribution in [1.82, 2.24) is 0 Å². The molecule has 0 spiro atoms. The molecule has 1 aliphatic carbocycles. The largest absolute Gasteiger partial charge is 0.462 e. The average molecular weight is 142 g/mol. The van der Waals surface area contributed by atoms with Crippen molar-refractivity contribution in [3.63, 3.8) is 0 Å². The predicted octanol–water partition coefficient (Wildman–Crippen LogP) is 0.527. The summed E-state index contributed by atoms with van der Waals surface area (Å²) in [7, 11) is 0. The van der Waals surface area contributed by atoms with Gasteiger partial charge in [-0.15, -0.1) is 0 Å². The first-order valence-corrected chi connectivity index (χ1v) is 3.42. The van der Waals surface area contributed by atoms with E-state index < -0.39 is 0 Å². The van der Waals surface area contributed by atoms with Crippen molar-refractivity contribution in [2.24, 2.45) is 5.92 Å². The molecule has 0 aromatic carbocycles. The molecule has 1 saturated carbocycles. The van der Waals surface area contributed by atoms with Gasteiger partial charge in [-0.2, -0.15) is 0 Å². The highest BCUT2D eigenvalue weighted by Crippen LogP contribution is 2.31. The Balaban J connectivity index is 2.17. The molecule has 0 amide bonds. The summed E-state index contributed by atoms with van der Waals surface area (Å²) in [5.41, 5.74) is 0. The van der Waals surface area contributed by atoms with Crippen LogP contribution in [0.5, 0.6) is 0 Å². The topological polar surface area (TPSA) is 43.4 Å². The summed E-state index contributed by atoms with van der Waals surface area (Å²) in [4.78, 5) is 20.6. The second-order valence-electron chi connectivity index (χ2n) is 2.42. The predicted molar refractivity (Wildman–Crippen MR) is 34.3 cm³/mol. The van der Waals surface area contributed by atoms with Crippen molar-refractivity contribution in [3.05, 3.63) is 0 Å². The normalized spacial score (nSPS) is 29.3. The van der Waals surface area contributed by atoms with Crippen LogP contribution in [0.25, 0.3) is 0 Å². The van der Waals surface area contributed by atoms with Crippen molar-refractivity contribution in [2.45, 2.75) is 25.9 Å². The maximum absolute atomic E-state index is 10.6. The third-order valence-corrected chi connectivity index (χ3v) is 1.53. The van der Waals surface area contributed by atoms with E-state index in [1.54, 1.807) is 6.92 Å². The van der Waals surface area contributed by atoms with Gasteiger partial charge >= 0.3 is 5.97 Å². The molecule has 1 rings (SSSR count). The number of hydrogen-bond donors (Lipinski definition) is 0. The first kappa shape index (κ1) is 7.25. The Hall–Kier alpha value is -0.860. The van der Waals surface area contributed by atoms with Gasteiger partial charge in [0, 0.05) is 6.42 Å². The molecule has 0 N–H and O–H groups in total. The van der Waals surface area contributed by atoms with E-state index in [0.717, 1.165) is 12.7 Å². The van der Waals surface area contributed by atoms with Gasteiger partial charge in [0.25, 0.3) is 0 Å². The van der Waals surface area contributed by atoms with E-state index in [4.69, 9.17) is 4.74 Å². The Kier molecular flexibility index (Phi) is 2.04. The van der Waals surface area contributed by atoms with E-state index in [-0.39, 0.29) is 18.0 Å². The molecule has 2 atom stereocenters. The van der Waals surface area contributed by atoms with E-state index in [1.807, 2.05) is 0 Å². The van der Waals surface area contributed by atoms with E-state index >= 15 is 0 Å². The van der Waals surface area contributed by atoms with Crippen molar-refractivity contribution >= 4 is 12.3 Å². The summed E-state index contributed by atoms with van der Waals surface area (Å²) in [5.74, 6) is -0.232. The number of aldehydes is 1. The number of esters is 1. The molecule has 1 fully saturated rings. The smallest absolute Gasteiger partial charge is 0.305 e. The van der Waals surface area contributed by atoms with E-state index in [9.17, 15) is 9.59 Å². The molecule has 1 aliphatic rings. The number of ether oxygens (including phenoxy) is 1. The standard InChI is InChI=1S/C7H10O3/c1-2-7(9)10-6-3-5(6)4-8/h4-6H,2-3H2,1H3. The van der Waals surface area contributed by atoms with Crippen LogP contribution in [-0.2, 0) is 14.3 Å². The SMILES string of the molecule is CCC(=O)OC1CC1C=O. The lowest BCUT2D eigenvalue weighted by Crippen LogP contribution is -2.05. The van der Waals surface area contributed by atoms with Gasteiger partial charge in [-0.3, -0.25) is 4.79 Å². The zero-order chi connectivity index (χ0) is 7.56. The van der Waals surface area contributed by atoms with Gasteiger partial charge in [0.2, 0.25) is 0 Å². The summed E-state index contributed by atoms with van der Waals surface area (Å²) in [5, 5.41) is 0. The summed E-state index contributed by atoms with van der Waals surface area (Å²) >= 11 is 0. The summed E-state index contributed by atoms with van der Waals surface area (Å²) < 4.78 is 4.84. The third kappa shape index (κ3) is 1.56. The molecule has 0 aliphatic heterocycles. The molecule has 2 unspecified atom stereocenters. The van der Waals surface area contributed by atoms with E-state index in [0.29, 0.717) is 6.42 Å². The first-order valence-electron chi connectivity index (χ1n) is 3.42. The highest BCUT2D eigenvalue weighted by Gasteiger charge is 2.40. The summed E-state index contributed by atoms with van der Waals surface area (Å²) in [6.07, 6.45) is 1.84. The van der Waals surface area contributed by atoms with Crippen LogP contribution in [0.1, 0.15) is 19.8 Å². The number of carbonyl (C=O) groups excluding carboxylic acids is 2. The van der Waals surface area contributed by atoms with Gasteiger partial charge in [-0.05, 0) is 6.42 Å². The molecule has 3 nitrogen and oxygen atoms in total. The fourth-order valence-corrected chi connectivity index (χ4v) is 0.721. The Morgan fingerprint density at radius 2 is 2.50 bits per heavy atom. The lowest BCUT2D eigenvalue weighted by Gasteiger charge is -1.97. The first-order chi connectivity index (χ1) is 4.77. The number of hydrogen-bond acceptors (Lipinski definition) is 3. The minimum atomic E-state index is -0.214. The van der Waals surface area contributed by atoms with Crippen LogP contribution in [0, 0.1) is 5.92 Å². The van der Waals surface area contributed by atoms with Gasteiger partial charge in [0.15, 0.2) is 0 Å². The van der Waals surface area contributed by atoms with Crippen LogP contribution in [0.15, 0.2) is 0 Å². The monoisotopic (exact) mass is 142 g/mol. The Bertz CT molecular complexity index is 153. The minimum Gasteiger partial charge on any atom is -0.462 e. The molecule has 0 heterocycles. The molecule has 0 bridgehead atoms. The summed E-state index contributed by atoms with van der Waals surface area (Å²) in [6.45, 7) is 1.74. The van der Waals surface area contributed by atoms with Gasteiger partial charge in [0.1, 0.15) is 12.4 Å². The van der Waals surface area contributed by atoms with Crippen LogP contribution in [-0.4, -0.2) is 18.4 Å². The molecular weight excluding hydrogens is 132 g/mol. The lowest BCUT2D eigenvalue weighted by atomic mass is 10.5. The van der Waals surface area contributed by atoms with E-state index in [1.165, 1.54) is 0 Å². The van der Waals surface area contributed by atoms with Gasteiger partial charge in [-0.1, -0.05) is 6.92 Å². The van der Waals surface area contributed by atoms with Crippen LogP contribution in [0.3, 0.4) is 0 Å². The van der Waals surface area contributed by atoms with Crippen molar-refractivity contribution in [1.29, 1.82) is 0 Å². The molecule has 10 heavy (non-hydrogen) atoms. The van der Waals surface area contributed by atoms with E-state index in [2.05, 4.69) is 0 Å². The van der Waals surface area contributed by atoms with Gasteiger partial charge in [-0.25, -0.2) is 0 Å². The van der Waals surface area contributed by atoms with Crippen molar-refractivity contribution in [3.8, 4) is 0 Å². The van der Waals surface area contributed by atoms with Gasteiger partial charge < -0.3 is 9.53 Å². The minimum absolute atomic E-state index is 0.0181. The highest BCUT2D eigenvalue weighted by molar-refractivity contribution is 5.70. The second kappa shape index (κ2) is 2.82. The maximum Gasteiger partial charge on any atom is 0.305 e.